The van der Waals surface area contributed by atoms with Crippen LogP contribution in [0.25, 0.3) is 0 Å². The van der Waals surface area contributed by atoms with E-state index in [0.717, 1.165) is 12.5 Å². The number of hydrogen-bond donors (Lipinski definition) is 2. The lowest BCUT2D eigenvalue weighted by atomic mass is 9.69. The molecule has 88 valence electrons. The SMILES string of the molecule is CC(O)CNC1CC2CCC1(C)C2(C)C. The van der Waals surface area contributed by atoms with Gasteiger partial charge in [0.2, 0.25) is 0 Å². The molecule has 2 saturated carbocycles. The normalized spacial score (nSPS) is 44.6. The minimum absolute atomic E-state index is 0.226. The number of aliphatic hydroxyl groups is 1. The molecular formula is C13H25NO. The fourth-order valence-corrected chi connectivity index (χ4v) is 3.83. The highest BCUT2D eigenvalue weighted by Gasteiger charge is 2.60. The van der Waals surface area contributed by atoms with Crippen molar-refractivity contribution >= 4 is 0 Å². The molecule has 0 heterocycles. The number of fused-ring (bicyclic) bond motifs is 2. The van der Waals surface area contributed by atoms with Gasteiger partial charge in [0, 0.05) is 12.6 Å². The molecule has 2 aliphatic carbocycles. The number of nitrogens with one attached hydrogen (secondary N) is 1. The topological polar surface area (TPSA) is 32.3 Å². The van der Waals surface area contributed by atoms with E-state index in [9.17, 15) is 5.11 Å². The summed E-state index contributed by atoms with van der Waals surface area (Å²) in [5.41, 5.74) is 0.913. The molecule has 15 heavy (non-hydrogen) atoms. The van der Waals surface area contributed by atoms with Gasteiger partial charge < -0.3 is 10.4 Å². The number of rotatable bonds is 3. The van der Waals surface area contributed by atoms with Crippen LogP contribution in [0.4, 0.5) is 0 Å². The van der Waals surface area contributed by atoms with Gasteiger partial charge in [-0.15, -0.1) is 0 Å². The van der Waals surface area contributed by atoms with Crippen molar-refractivity contribution < 1.29 is 5.11 Å². The lowest BCUT2D eigenvalue weighted by Crippen LogP contribution is -2.46. The van der Waals surface area contributed by atoms with Gasteiger partial charge in [-0.1, -0.05) is 20.8 Å². The predicted octanol–water partition coefficient (Wildman–Crippen LogP) is 2.17. The molecule has 0 aromatic rings. The number of aliphatic hydroxyl groups excluding tert-OH is 1. The van der Waals surface area contributed by atoms with Crippen molar-refractivity contribution in [2.24, 2.45) is 16.7 Å². The predicted molar refractivity (Wildman–Crippen MR) is 62.7 cm³/mol. The van der Waals surface area contributed by atoms with Crippen LogP contribution in [0.1, 0.15) is 47.0 Å². The fraction of sp³-hybridized carbons (Fsp3) is 1.00. The highest BCUT2D eigenvalue weighted by molar-refractivity contribution is 5.12. The van der Waals surface area contributed by atoms with Gasteiger partial charge in [0.05, 0.1) is 6.10 Å². The Bertz CT molecular complexity index is 249. The van der Waals surface area contributed by atoms with E-state index >= 15 is 0 Å². The molecule has 0 aliphatic heterocycles. The second-order valence-corrected chi connectivity index (χ2v) is 6.42. The van der Waals surface area contributed by atoms with E-state index in [-0.39, 0.29) is 6.10 Å². The Morgan fingerprint density at radius 1 is 1.40 bits per heavy atom. The van der Waals surface area contributed by atoms with Crippen LogP contribution in [0.2, 0.25) is 0 Å². The molecule has 0 radical (unpaired) electrons. The second kappa shape index (κ2) is 3.46. The molecule has 0 spiro atoms. The van der Waals surface area contributed by atoms with Gasteiger partial charge in [-0.2, -0.15) is 0 Å². The Labute approximate surface area is 93.5 Å². The molecule has 2 nitrogen and oxygen atoms in total. The molecule has 0 aromatic heterocycles. The number of hydrogen-bond acceptors (Lipinski definition) is 2. The minimum atomic E-state index is -0.226. The Kier molecular flexibility index (Phi) is 2.63. The smallest absolute Gasteiger partial charge is 0.0636 e. The molecule has 0 saturated heterocycles. The van der Waals surface area contributed by atoms with Crippen molar-refractivity contribution in [3.8, 4) is 0 Å². The highest BCUT2D eigenvalue weighted by atomic mass is 16.3. The average Bonchev–Trinajstić information content (AvgIpc) is 2.46. The van der Waals surface area contributed by atoms with Gasteiger partial charge in [0.15, 0.2) is 0 Å². The van der Waals surface area contributed by atoms with Crippen LogP contribution in [-0.2, 0) is 0 Å². The van der Waals surface area contributed by atoms with Crippen LogP contribution in [0.3, 0.4) is 0 Å². The zero-order valence-corrected chi connectivity index (χ0v) is 10.5. The molecule has 0 aromatic carbocycles. The van der Waals surface area contributed by atoms with E-state index in [1.54, 1.807) is 0 Å². The zero-order valence-electron chi connectivity index (χ0n) is 10.5. The monoisotopic (exact) mass is 211 g/mol. The summed E-state index contributed by atoms with van der Waals surface area (Å²) in [5.74, 6) is 0.883. The molecule has 2 aliphatic rings. The highest BCUT2D eigenvalue weighted by Crippen LogP contribution is 2.65. The van der Waals surface area contributed by atoms with Crippen LogP contribution in [0, 0.1) is 16.7 Å². The summed E-state index contributed by atoms with van der Waals surface area (Å²) in [5, 5.41) is 12.9. The Morgan fingerprint density at radius 3 is 2.47 bits per heavy atom. The summed E-state index contributed by atoms with van der Waals surface area (Å²) in [6.45, 7) is 9.87. The van der Waals surface area contributed by atoms with Crippen LogP contribution in [0.5, 0.6) is 0 Å². The van der Waals surface area contributed by atoms with E-state index in [1.165, 1.54) is 19.3 Å². The van der Waals surface area contributed by atoms with Crippen molar-refractivity contribution in [1.29, 1.82) is 0 Å². The zero-order chi connectivity index (χ0) is 11.3. The van der Waals surface area contributed by atoms with Gasteiger partial charge in [-0.05, 0) is 42.9 Å². The fourth-order valence-electron chi connectivity index (χ4n) is 3.83. The van der Waals surface area contributed by atoms with Crippen LogP contribution >= 0.6 is 0 Å². The first kappa shape index (κ1) is 11.4. The van der Waals surface area contributed by atoms with Gasteiger partial charge in [0.1, 0.15) is 0 Å². The van der Waals surface area contributed by atoms with E-state index in [4.69, 9.17) is 0 Å². The maximum absolute atomic E-state index is 9.33. The van der Waals surface area contributed by atoms with E-state index in [2.05, 4.69) is 26.1 Å². The average molecular weight is 211 g/mol. The van der Waals surface area contributed by atoms with Gasteiger partial charge >= 0.3 is 0 Å². The lowest BCUT2D eigenvalue weighted by molar-refractivity contribution is 0.109. The van der Waals surface area contributed by atoms with Crippen molar-refractivity contribution in [2.75, 3.05) is 6.54 Å². The summed E-state index contributed by atoms with van der Waals surface area (Å²) in [4.78, 5) is 0. The Morgan fingerprint density at radius 2 is 2.07 bits per heavy atom. The quantitative estimate of drug-likeness (QED) is 0.750. The Balaban J connectivity index is 2.06. The standard InChI is InChI=1S/C13H25NO/c1-9(15)8-14-11-7-10-5-6-13(11,4)12(10,2)3/h9-11,14-15H,5-8H2,1-4H3. The van der Waals surface area contributed by atoms with Crippen molar-refractivity contribution in [2.45, 2.75) is 59.1 Å². The second-order valence-electron chi connectivity index (χ2n) is 6.42. The maximum atomic E-state index is 9.33. The molecule has 4 unspecified atom stereocenters. The van der Waals surface area contributed by atoms with Crippen molar-refractivity contribution in [3.05, 3.63) is 0 Å². The van der Waals surface area contributed by atoms with Crippen molar-refractivity contribution in [3.63, 3.8) is 0 Å². The van der Waals surface area contributed by atoms with E-state index in [1.807, 2.05) is 6.92 Å². The third-order valence-electron chi connectivity index (χ3n) is 5.45. The molecule has 2 heteroatoms. The summed E-state index contributed by atoms with van der Waals surface area (Å²) in [6.07, 6.45) is 3.82. The molecule has 2 bridgehead atoms. The summed E-state index contributed by atoms with van der Waals surface area (Å²) >= 11 is 0. The first-order chi connectivity index (χ1) is 6.88. The Hall–Kier alpha value is -0.0800. The first-order valence-electron chi connectivity index (χ1n) is 6.29. The third-order valence-corrected chi connectivity index (χ3v) is 5.45. The van der Waals surface area contributed by atoms with E-state index < -0.39 is 0 Å². The van der Waals surface area contributed by atoms with Crippen LogP contribution in [-0.4, -0.2) is 23.8 Å². The largest absolute Gasteiger partial charge is 0.392 e. The van der Waals surface area contributed by atoms with Gasteiger partial charge in [-0.25, -0.2) is 0 Å². The maximum Gasteiger partial charge on any atom is 0.0636 e. The summed E-state index contributed by atoms with van der Waals surface area (Å²) in [7, 11) is 0. The molecule has 2 rings (SSSR count). The summed E-state index contributed by atoms with van der Waals surface area (Å²) in [6, 6.07) is 0.612. The molecule has 0 amide bonds. The van der Waals surface area contributed by atoms with Gasteiger partial charge in [-0.3, -0.25) is 0 Å². The summed E-state index contributed by atoms with van der Waals surface area (Å²) < 4.78 is 0. The van der Waals surface area contributed by atoms with Crippen LogP contribution in [0.15, 0.2) is 0 Å². The van der Waals surface area contributed by atoms with Crippen molar-refractivity contribution in [1.82, 2.24) is 5.32 Å². The van der Waals surface area contributed by atoms with Crippen LogP contribution < -0.4 is 5.32 Å². The lowest BCUT2D eigenvalue weighted by Gasteiger charge is -2.39. The van der Waals surface area contributed by atoms with Gasteiger partial charge in [0.25, 0.3) is 0 Å². The minimum Gasteiger partial charge on any atom is -0.392 e. The molecule has 2 fully saturated rings. The molecular weight excluding hydrogens is 186 g/mol. The van der Waals surface area contributed by atoms with E-state index in [0.29, 0.717) is 16.9 Å². The first-order valence-corrected chi connectivity index (χ1v) is 6.29. The molecule has 4 atom stereocenters. The molecule has 2 N–H and O–H groups in total. The third kappa shape index (κ3) is 1.53.